The molecule has 57 heavy (non-hydrogen) atoms. The summed E-state index contributed by atoms with van der Waals surface area (Å²) in [5.74, 6) is 0. The van der Waals surface area contributed by atoms with E-state index >= 15 is 0 Å². The van der Waals surface area contributed by atoms with E-state index in [1.54, 1.807) is 0 Å². The van der Waals surface area contributed by atoms with Gasteiger partial charge in [-0.25, -0.2) is 0 Å². The third kappa shape index (κ3) is 4.19. The summed E-state index contributed by atoms with van der Waals surface area (Å²) in [6.07, 6.45) is 0. The number of benzene rings is 8. The maximum absolute atomic E-state index is 2.56. The van der Waals surface area contributed by atoms with Gasteiger partial charge in [0.25, 0.3) is 0 Å². The second kappa shape index (κ2) is 11.4. The first-order valence-electron chi connectivity index (χ1n) is 20.2. The highest BCUT2D eigenvalue weighted by Gasteiger charge is 2.53. The van der Waals surface area contributed by atoms with E-state index in [0.29, 0.717) is 0 Å². The van der Waals surface area contributed by atoms with Crippen LogP contribution in [0, 0.1) is 0 Å². The molecule has 1 heterocycles. The average molecular weight is 748 g/mol. The summed E-state index contributed by atoms with van der Waals surface area (Å²) < 4.78 is 2.61. The Hall–Kier alpha value is -6.22. The number of thiophene rings is 1. The third-order valence-corrected chi connectivity index (χ3v) is 14.9. The van der Waals surface area contributed by atoms with Gasteiger partial charge in [-0.3, -0.25) is 0 Å². The van der Waals surface area contributed by atoms with Gasteiger partial charge in [-0.2, -0.15) is 0 Å². The molecule has 1 spiro atoms. The highest BCUT2D eigenvalue weighted by molar-refractivity contribution is 7.26. The van der Waals surface area contributed by atoms with E-state index in [0.717, 1.165) is 5.69 Å². The van der Waals surface area contributed by atoms with Crippen LogP contribution < -0.4 is 4.90 Å². The van der Waals surface area contributed by atoms with Crippen LogP contribution in [0.2, 0.25) is 0 Å². The number of nitrogens with zero attached hydrogens (tertiary/aromatic N) is 1. The molecule has 0 aliphatic heterocycles. The van der Waals surface area contributed by atoms with Crippen LogP contribution >= 0.6 is 11.3 Å². The molecule has 1 nitrogen and oxygen atoms in total. The minimum Gasteiger partial charge on any atom is -0.310 e. The van der Waals surface area contributed by atoms with Gasteiger partial charge in [-0.15, -0.1) is 11.3 Å². The molecule has 0 unspecified atom stereocenters. The van der Waals surface area contributed by atoms with Gasteiger partial charge in [-0.05, 0) is 109 Å². The van der Waals surface area contributed by atoms with E-state index in [1.165, 1.54) is 98.3 Å². The summed E-state index contributed by atoms with van der Waals surface area (Å²) in [4.78, 5) is 2.56. The largest absolute Gasteiger partial charge is 0.310 e. The zero-order chi connectivity index (χ0) is 38.3. The lowest BCUT2D eigenvalue weighted by molar-refractivity contribution is 0.563. The molecule has 0 atom stereocenters. The van der Waals surface area contributed by atoms with Crippen LogP contribution in [-0.4, -0.2) is 0 Å². The summed E-state index contributed by atoms with van der Waals surface area (Å²) in [6.45, 7) is 9.57. The van der Waals surface area contributed by atoms with Gasteiger partial charge in [0.05, 0.1) is 11.1 Å². The summed E-state index contributed by atoms with van der Waals surface area (Å²) in [6, 6.07) is 66.9. The second-order valence-corrected chi connectivity index (χ2v) is 18.3. The van der Waals surface area contributed by atoms with E-state index in [4.69, 9.17) is 0 Å². The van der Waals surface area contributed by atoms with E-state index in [-0.39, 0.29) is 10.8 Å². The van der Waals surface area contributed by atoms with Gasteiger partial charge in [0.2, 0.25) is 0 Å². The molecule has 0 bridgehead atoms. The Morgan fingerprint density at radius 3 is 1.53 bits per heavy atom. The van der Waals surface area contributed by atoms with Gasteiger partial charge in [0, 0.05) is 42.4 Å². The summed E-state index contributed by atoms with van der Waals surface area (Å²) in [7, 11) is 0. The lowest BCUT2D eigenvalue weighted by Gasteiger charge is -2.46. The number of anilines is 3. The van der Waals surface area contributed by atoms with Gasteiger partial charge in [0.1, 0.15) is 0 Å². The fourth-order valence-electron chi connectivity index (χ4n) is 11.2. The zero-order valence-corrected chi connectivity index (χ0v) is 33.4. The van der Waals surface area contributed by atoms with Crippen molar-refractivity contribution < 1.29 is 0 Å². The van der Waals surface area contributed by atoms with Crippen LogP contribution in [0.4, 0.5) is 17.1 Å². The highest BCUT2D eigenvalue weighted by Crippen LogP contribution is 2.63. The average Bonchev–Trinajstić information content (AvgIpc) is 3.85. The van der Waals surface area contributed by atoms with Crippen molar-refractivity contribution >= 4 is 48.6 Å². The SMILES string of the molecule is CC1(C)c2ccccc2-c2ccc(N(c3ccc4c(c3)C3(c5ccccc5-4)c4ccccc4C(C)(C)c4ccccc43)c3cccc4sc5ccccc5c34)cc21. The summed E-state index contributed by atoms with van der Waals surface area (Å²) in [5.41, 5.74) is 19.1. The number of hydrogen-bond donors (Lipinski definition) is 0. The second-order valence-electron chi connectivity index (χ2n) is 17.2. The van der Waals surface area contributed by atoms with Crippen LogP contribution in [0.3, 0.4) is 0 Å². The molecule has 9 aromatic rings. The Labute approximate surface area is 338 Å². The van der Waals surface area contributed by atoms with Crippen molar-refractivity contribution in [2.45, 2.75) is 43.9 Å². The molecule has 0 saturated heterocycles. The zero-order valence-electron chi connectivity index (χ0n) is 32.6. The highest BCUT2D eigenvalue weighted by atomic mass is 32.1. The Kier molecular flexibility index (Phi) is 6.61. The first-order chi connectivity index (χ1) is 27.8. The standard InChI is InChI=1S/C55H41NS/c1-53(2)41-19-8-5-16-36(41)38-30-28-34(32-47(38)53)56(49-25-15-27-51-52(49)40-18-7-14-26-50(40)57-51)35-29-31-39-37-17-6-9-20-42(37)55(48(39)33-35)45-23-12-10-21-43(45)54(3,4)44-22-11-13-24-46(44)55/h5-33H,1-4H3. The maximum Gasteiger partial charge on any atom is 0.0720 e. The van der Waals surface area contributed by atoms with Crippen LogP contribution in [0.25, 0.3) is 42.4 Å². The molecular formula is C55H41NS. The molecule has 0 amide bonds. The van der Waals surface area contributed by atoms with Gasteiger partial charge in [0.15, 0.2) is 0 Å². The Morgan fingerprint density at radius 2 is 0.842 bits per heavy atom. The van der Waals surface area contributed by atoms with Gasteiger partial charge in [-0.1, -0.05) is 161 Å². The van der Waals surface area contributed by atoms with Crippen molar-refractivity contribution in [2.24, 2.45) is 0 Å². The van der Waals surface area contributed by atoms with Crippen molar-refractivity contribution in [3.05, 3.63) is 220 Å². The quantitative estimate of drug-likeness (QED) is 0.174. The first-order valence-corrected chi connectivity index (χ1v) is 21.0. The third-order valence-electron chi connectivity index (χ3n) is 13.7. The van der Waals surface area contributed by atoms with Crippen LogP contribution in [-0.2, 0) is 16.2 Å². The molecule has 8 aromatic carbocycles. The van der Waals surface area contributed by atoms with Crippen molar-refractivity contribution in [1.29, 1.82) is 0 Å². The van der Waals surface area contributed by atoms with E-state index in [9.17, 15) is 0 Å². The molecule has 3 aliphatic carbocycles. The van der Waals surface area contributed by atoms with Crippen LogP contribution in [0.1, 0.15) is 72.2 Å². The molecule has 0 saturated carbocycles. The molecule has 0 fully saturated rings. The van der Waals surface area contributed by atoms with Crippen molar-refractivity contribution in [1.82, 2.24) is 0 Å². The number of rotatable bonds is 3. The van der Waals surface area contributed by atoms with E-state index in [2.05, 4.69) is 209 Å². The lowest BCUT2D eigenvalue weighted by Crippen LogP contribution is -2.40. The monoisotopic (exact) mass is 747 g/mol. The summed E-state index contributed by atoms with van der Waals surface area (Å²) >= 11 is 1.88. The van der Waals surface area contributed by atoms with Gasteiger partial charge >= 0.3 is 0 Å². The molecule has 2 heteroatoms. The van der Waals surface area contributed by atoms with Crippen molar-refractivity contribution in [2.75, 3.05) is 4.90 Å². The molecule has 12 rings (SSSR count). The minimum atomic E-state index is -0.473. The smallest absolute Gasteiger partial charge is 0.0720 e. The fourth-order valence-corrected chi connectivity index (χ4v) is 12.3. The molecule has 0 radical (unpaired) electrons. The van der Waals surface area contributed by atoms with Crippen LogP contribution in [0.5, 0.6) is 0 Å². The fraction of sp³-hybridized carbons (Fsp3) is 0.127. The van der Waals surface area contributed by atoms with Crippen molar-refractivity contribution in [3.63, 3.8) is 0 Å². The molecule has 272 valence electrons. The maximum atomic E-state index is 2.56. The van der Waals surface area contributed by atoms with Crippen molar-refractivity contribution in [3.8, 4) is 22.3 Å². The Morgan fingerprint density at radius 1 is 0.368 bits per heavy atom. The molecule has 3 aliphatic rings. The number of hydrogen-bond acceptors (Lipinski definition) is 2. The van der Waals surface area contributed by atoms with Gasteiger partial charge < -0.3 is 4.90 Å². The van der Waals surface area contributed by atoms with E-state index < -0.39 is 5.41 Å². The first kappa shape index (κ1) is 33.0. The molecular weight excluding hydrogens is 707 g/mol. The lowest BCUT2D eigenvalue weighted by atomic mass is 9.55. The van der Waals surface area contributed by atoms with E-state index in [1.807, 2.05) is 11.3 Å². The topological polar surface area (TPSA) is 3.24 Å². The predicted octanol–water partition coefficient (Wildman–Crippen LogP) is 14.8. The normalized spacial score (nSPS) is 15.8. The summed E-state index contributed by atoms with van der Waals surface area (Å²) in [5, 5.41) is 2.60. The Bertz CT molecular complexity index is 3110. The predicted molar refractivity (Wildman–Crippen MR) is 241 cm³/mol. The number of fused-ring (bicyclic) bond motifs is 15. The Balaban J connectivity index is 1.18. The molecule has 0 N–H and O–H groups in total. The van der Waals surface area contributed by atoms with Crippen LogP contribution in [0.15, 0.2) is 176 Å². The minimum absolute atomic E-state index is 0.124. The molecule has 1 aromatic heterocycles.